The topological polar surface area (TPSA) is 90.2 Å². The number of benzene rings is 2. The molecule has 0 aliphatic carbocycles. The summed E-state index contributed by atoms with van der Waals surface area (Å²) in [6.07, 6.45) is 0. The molecule has 0 aliphatic rings. The van der Waals surface area contributed by atoms with Gasteiger partial charge in [0.05, 0.1) is 0 Å². The molecule has 0 spiro atoms. The van der Waals surface area contributed by atoms with Crippen molar-refractivity contribution in [1.29, 1.82) is 0 Å². The molecule has 1 heterocycles. The summed E-state index contributed by atoms with van der Waals surface area (Å²) in [5.41, 5.74) is 2.66. The summed E-state index contributed by atoms with van der Waals surface area (Å²) < 4.78 is 17.9. The summed E-state index contributed by atoms with van der Waals surface area (Å²) in [7, 11) is 1.58. The van der Waals surface area contributed by atoms with Crippen molar-refractivity contribution in [3.63, 3.8) is 0 Å². The normalized spacial score (nSPS) is 10.6. The lowest BCUT2D eigenvalue weighted by Gasteiger charge is -2.17. The molecule has 0 unspecified atom stereocenters. The van der Waals surface area contributed by atoms with Crippen molar-refractivity contribution >= 4 is 11.9 Å². The van der Waals surface area contributed by atoms with E-state index in [0.29, 0.717) is 5.82 Å². The zero-order valence-electron chi connectivity index (χ0n) is 16.1. The molecule has 0 aliphatic heterocycles. The highest BCUT2D eigenvalue weighted by Gasteiger charge is 2.14. The van der Waals surface area contributed by atoms with Gasteiger partial charge in [-0.3, -0.25) is 4.79 Å². The fourth-order valence-corrected chi connectivity index (χ4v) is 2.49. The Bertz CT molecular complexity index is 986. The fourth-order valence-electron chi connectivity index (χ4n) is 2.49. The number of likely N-dealkylation sites (N-methyl/N-ethyl adjacent to an activating group) is 1. The molecule has 0 fully saturated rings. The lowest BCUT2D eigenvalue weighted by Crippen LogP contribution is -2.31. The van der Waals surface area contributed by atoms with Gasteiger partial charge in [-0.25, -0.2) is 9.18 Å². The maximum absolute atomic E-state index is 12.9. The predicted molar refractivity (Wildman–Crippen MR) is 102 cm³/mol. The molecule has 0 atom stereocenters. The van der Waals surface area contributed by atoms with Crippen LogP contribution in [0.5, 0.6) is 0 Å². The van der Waals surface area contributed by atoms with E-state index in [1.807, 2.05) is 31.2 Å². The molecule has 150 valence electrons. The van der Waals surface area contributed by atoms with Gasteiger partial charge in [-0.1, -0.05) is 42.0 Å². The largest absolute Gasteiger partial charge is 0.454 e. The second-order valence-corrected chi connectivity index (χ2v) is 6.55. The quantitative estimate of drug-likeness (QED) is 0.567. The Balaban J connectivity index is 1.47. The summed E-state index contributed by atoms with van der Waals surface area (Å²) >= 11 is 0. The van der Waals surface area contributed by atoms with Gasteiger partial charge in [-0.15, -0.1) is 10.2 Å². The summed E-state index contributed by atoms with van der Waals surface area (Å²) in [6, 6.07) is 13.4. The first-order valence-corrected chi connectivity index (χ1v) is 8.89. The summed E-state index contributed by atoms with van der Waals surface area (Å²) in [6.45, 7) is 1.59. The van der Waals surface area contributed by atoms with Crippen LogP contribution in [0.15, 0.2) is 48.5 Å². The maximum atomic E-state index is 12.9. The monoisotopic (exact) mass is 397 g/mol. The molecule has 0 radical (unpaired) electrons. The molecule has 29 heavy (non-hydrogen) atoms. The summed E-state index contributed by atoms with van der Waals surface area (Å²) in [5, 5.41) is 11.9. The molecule has 0 saturated carbocycles. The molecule has 0 saturated heterocycles. The molecule has 3 aromatic rings. The highest BCUT2D eigenvalue weighted by Crippen LogP contribution is 2.13. The number of esters is 1. The maximum Gasteiger partial charge on any atom is 0.330 e. The van der Waals surface area contributed by atoms with Gasteiger partial charge >= 0.3 is 5.97 Å². The molecular formula is C20H20FN5O3. The Labute approximate surface area is 166 Å². The lowest BCUT2D eigenvalue weighted by atomic mass is 10.1. The highest BCUT2D eigenvalue weighted by molar-refractivity contribution is 5.80. The Morgan fingerprint density at radius 3 is 2.48 bits per heavy atom. The average molecular weight is 397 g/mol. The van der Waals surface area contributed by atoms with E-state index < -0.39 is 12.6 Å². The van der Waals surface area contributed by atoms with E-state index in [-0.39, 0.29) is 24.8 Å². The van der Waals surface area contributed by atoms with Crippen LogP contribution in [-0.2, 0) is 27.4 Å². The summed E-state index contributed by atoms with van der Waals surface area (Å²) in [5.74, 6) is -0.979. The number of nitrogens with zero attached hydrogens (tertiary/aromatic N) is 5. The molecule has 3 rings (SSSR count). The molecule has 1 amide bonds. The standard InChI is InChI=1S/C20H20FN5O3/c1-14-3-7-16(8-4-14)20-22-24-26(23-20)12-19(28)29-13-18(27)25(2)11-15-5-9-17(21)10-6-15/h3-10H,11-13H2,1-2H3. The van der Waals surface area contributed by atoms with E-state index in [0.717, 1.165) is 21.5 Å². The first-order valence-electron chi connectivity index (χ1n) is 8.89. The van der Waals surface area contributed by atoms with Crippen molar-refractivity contribution in [3.8, 4) is 11.4 Å². The zero-order chi connectivity index (χ0) is 20.8. The number of halogens is 1. The number of carbonyl (C=O) groups is 2. The minimum Gasteiger partial charge on any atom is -0.454 e. The molecule has 0 N–H and O–H groups in total. The molecule has 1 aromatic heterocycles. The highest BCUT2D eigenvalue weighted by atomic mass is 19.1. The lowest BCUT2D eigenvalue weighted by molar-refractivity contribution is -0.152. The van der Waals surface area contributed by atoms with Gasteiger partial charge in [0.1, 0.15) is 5.82 Å². The van der Waals surface area contributed by atoms with Crippen LogP contribution in [0.1, 0.15) is 11.1 Å². The van der Waals surface area contributed by atoms with Crippen molar-refractivity contribution in [2.75, 3.05) is 13.7 Å². The minimum absolute atomic E-state index is 0.256. The number of carbonyl (C=O) groups excluding carboxylic acids is 2. The number of ether oxygens (including phenoxy) is 1. The molecule has 2 aromatic carbocycles. The van der Waals surface area contributed by atoms with Gasteiger partial charge in [0.25, 0.3) is 5.91 Å². The van der Waals surface area contributed by atoms with Gasteiger partial charge in [-0.05, 0) is 29.8 Å². The third-order valence-corrected chi connectivity index (χ3v) is 4.15. The minimum atomic E-state index is -0.651. The van der Waals surface area contributed by atoms with Gasteiger partial charge in [0.15, 0.2) is 13.2 Å². The third kappa shape index (κ3) is 5.68. The van der Waals surface area contributed by atoms with Crippen LogP contribution in [0.25, 0.3) is 11.4 Å². The number of hydrogen-bond donors (Lipinski definition) is 0. The Morgan fingerprint density at radius 2 is 1.79 bits per heavy atom. The van der Waals surface area contributed by atoms with Crippen LogP contribution < -0.4 is 0 Å². The second kappa shape index (κ2) is 9.05. The van der Waals surface area contributed by atoms with Gasteiger partial charge in [0.2, 0.25) is 5.82 Å². The first-order chi connectivity index (χ1) is 13.9. The fraction of sp³-hybridized carbons (Fsp3) is 0.250. The van der Waals surface area contributed by atoms with E-state index in [2.05, 4.69) is 15.4 Å². The Kier molecular flexibility index (Phi) is 6.28. The van der Waals surface area contributed by atoms with E-state index in [1.165, 1.54) is 17.0 Å². The number of tetrazole rings is 1. The average Bonchev–Trinajstić information content (AvgIpc) is 3.16. The third-order valence-electron chi connectivity index (χ3n) is 4.15. The number of amides is 1. The van der Waals surface area contributed by atoms with Gasteiger partial charge in [-0.2, -0.15) is 4.80 Å². The zero-order valence-corrected chi connectivity index (χ0v) is 16.1. The summed E-state index contributed by atoms with van der Waals surface area (Å²) in [4.78, 5) is 26.6. The van der Waals surface area contributed by atoms with Crippen LogP contribution in [0, 0.1) is 12.7 Å². The van der Waals surface area contributed by atoms with Crippen LogP contribution in [0.2, 0.25) is 0 Å². The smallest absolute Gasteiger partial charge is 0.330 e. The van der Waals surface area contributed by atoms with Gasteiger partial charge in [0, 0.05) is 19.2 Å². The Hall–Kier alpha value is -3.62. The number of aryl methyl sites for hydroxylation is 1. The van der Waals surface area contributed by atoms with E-state index in [9.17, 15) is 14.0 Å². The number of hydrogen-bond acceptors (Lipinski definition) is 6. The van der Waals surface area contributed by atoms with Crippen LogP contribution in [-0.4, -0.2) is 50.6 Å². The van der Waals surface area contributed by atoms with Gasteiger partial charge < -0.3 is 9.64 Å². The van der Waals surface area contributed by atoms with Crippen molar-refractivity contribution in [1.82, 2.24) is 25.1 Å². The number of rotatable bonds is 7. The predicted octanol–water partition coefficient (Wildman–Crippen LogP) is 1.99. The van der Waals surface area contributed by atoms with Crippen LogP contribution >= 0.6 is 0 Å². The first kappa shape index (κ1) is 20.1. The second-order valence-electron chi connectivity index (χ2n) is 6.55. The van der Waals surface area contributed by atoms with Crippen molar-refractivity contribution in [2.45, 2.75) is 20.0 Å². The Morgan fingerprint density at radius 1 is 1.10 bits per heavy atom. The van der Waals surface area contributed by atoms with E-state index >= 15 is 0 Å². The number of aromatic nitrogens is 4. The van der Waals surface area contributed by atoms with Crippen LogP contribution in [0.4, 0.5) is 4.39 Å². The van der Waals surface area contributed by atoms with E-state index in [1.54, 1.807) is 19.2 Å². The van der Waals surface area contributed by atoms with Crippen LogP contribution in [0.3, 0.4) is 0 Å². The SMILES string of the molecule is Cc1ccc(-c2nnn(CC(=O)OCC(=O)N(C)Cc3ccc(F)cc3)n2)cc1. The van der Waals surface area contributed by atoms with E-state index in [4.69, 9.17) is 4.74 Å². The molecular weight excluding hydrogens is 377 g/mol. The molecule has 0 bridgehead atoms. The molecule has 8 nitrogen and oxygen atoms in total. The van der Waals surface area contributed by atoms with Crippen molar-refractivity contribution in [2.24, 2.45) is 0 Å². The molecule has 9 heteroatoms. The van der Waals surface area contributed by atoms with Crippen molar-refractivity contribution in [3.05, 3.63) is 65.5 Å². The van der Waals surface area contributed by atoms with Crippen molar-refractivity contribution < 1.29 is 18.7 Å².